The molecule has 1 aromatic carbocycles. The molecule has 1 amide bonds. The van der Waals surface area contributed by atoms with Crippen molar-refractivity contribution >= 4 is 27.3 Å². The van der Waals surface area contributed by atoms with Crippen molar-refractivity contribution in [3.8, 4) is 0 Å². The highest BCUT2D eigenvalue weighted by Gasteiger charge is 2.55. The number of anilines is 1. The van der Waals surface area contributed by atoms with Crippen LogP contribution < -0.4 is 11.1 Å². The lowest BCUT2D eigenvalue weighted by atomic mass is 10.0. The number of aromatic nitrogens is 1. The standard InChI is InChI=1S/C20H20F2N4O4S/c21-11-1-4-16(24-9-11)18(28)25-12-2-3-15(22)14(7-12)17-10-31(29,30)20(19(23)26-17)6-5-13(27)8-20/h1-4,7,9,13,17,27H,5-6,8,10H2,(H2,23,26)(H,25,28)/t13?,17-,20?/m0/s1. The maximum Gasteiger partial charge on any atom is 0.274 e. The number of aliphatic hydroxyl groups excluding tert-OH is 1. The number of halogens is 2. The number of amides is 1. The Kier molecular flexibility index (Phi) is 5.26. The van der Waals surface area contributed by atoms with Gasteiger partial charge >= 0.3 is 0 Å². The lowest BCUT2D eigenvalue weighted by Crippen LogP contribution is -2.53. The number of rotatable bonds is 3. The van der Waals surface area contributed by atoms with E-state index in [-0.39, 0.29) is 35.6 Å². The fraction of sp³-hybridized carbons (Fsp3) is 0.350. The van der Waals surface area contributed by atoms with E-state index in [9.17, 15) is 27.1 Å². The van der Waals surface area contributed by atoms with Crippen LogP contribution in [0, 0.1) is 11.6 Å². The van der Waals surface area contributed by atoms with Crippen LogP contribution in [0.1, 0.15) is 41.4 Å². The van der Waals surface area contributed by atoms with Crippen molar-refractivity contribution in [1.29, 1.82) is 0 Å². The summed E-state index contributed by atoms with van der Waals surface area (Å²) in [5.74, 6) is -2.53. The SMILES string of the molecule is NC1=N[C@H](c2cc(NC(=O)c3ccc(F)cn3)ccc2F)CS(=O)(=O)C12CCC(O)C2. The molecule has 0 bridgehead atoms. The van der Waals surface area contributed by atoms with Crippen molar-refractivity contribution in [2.24, 2.45) is 10.7 Å². The van der Waals surface area contributed by atoms with E-state index >= 15 is 0 Å². The number of carbonyl (C=O) groups excluding carboxylic acids is 1. The number of amidine groups is 1. The molecule has 1 aliphatic carbocycles. The second kappa shape index (κ2) is 7.65. The third-order valence-electron chi connectivity index (χ3n) is 5.75. The Morgan fingerprint density at radius 2 is 2.03 bits per heavy atom. The van der Waals surface area contributed by atoms with Crippen LogP contribution in [0.25, 0.3) is 0 Å². The van der Waals surface area contributed by atoms with Crippen LogP contribution >= 0.6 is 0 Å². The van der Waals surface area contributed by atoms with Crippen LogP contribution in [0.15, 0.2) is 41.5 Å². The molecule has 2 aromatic rings. The molecule has 11 heteroatoms. The number of nitrogens with one attached hydrogen (secondary N) is 1. The van der Waals surface area contributed by atoms with Gasteiger partial charge in [-0.05, 0) is 43.2 Å². The molecule has 2 heterocycles. The Morgan fingerprint density at radius 1 is 1.26 bits per heavy atom. The Hall–Kier alpha value is -2.92. The van der Waals surface area contributed by atoms with Crippen molar-refractivity contribution in [3.63, 3.8) is 0 Å². The number of nitrogens with zero attached hydrogens (tertiary/aromatic N) is 2. The average Bonchev–Trinajstić information content (AvgIpc) is 3.12. The predicted octanol–water partition coefficient (Wildman–Crippen LogP) is 1.72. The first-order valence-electron chi connectivity index (χ1n) is 9.58. The minimum absolute atomic E-state index is 0.0271. The van der Waals surface area contributed by atoms with Gasteiger partial charge in [0.05, 0.1) is 24.1 Å². The Bertz CT molecular complexity index is 1170. The maximum absolute atomic E-state index is 14.6. The Balaban J connectivity index is 1.63. The number of hydrogen-bond donors (Lipinski definition) is 3. The number of benzene rings is 1. The third kappa shape index (κ3) is 3.79. The number of carbonyl (C=O) groups is 1. The molecular weight excluding hydrogens is 430 g/mol. The monoisotopic (exact) mass is 450 g/mol. The number of sulfone groups is 1. The van der Waals surface area contributed by atoms with Crippen LogP contribution in [0.5, 0.6) is 0 Å². The minimum Gasteiger partial charge on any atom is -0.393 e. The summed E-state index contributed by atoms with van der Waals surface area (Å²) in [6, 6.07) is 4.87. The number of hydrogen-bond acceptors (Lipinski definition) is 7. The smallest absolute Gasteiger partial charge is 0.274 e. The van der Waals surface area contributed by atoms with Gasteiger partial charge in [0.25, 0.3) is 5.91 Å². The van der Waals surface area contributed by atoms with Crippen LogP contribution in [-0.2, 0) is 9.84 Å². The zero-order chi connectivity index (χ0) is 22.4. The number of pyridine rings is 1. The van der Waals surface area contributed by atoms with E-state index in [1.807, 2.05) is 0 Å². The molecule has 1 aliphatic heterocycles. The van der Waals surface area contributed by atoms with Crippen LogP contribution in [0.3, 0.4) is 0 Å². The van der Waals surface area contributed by atoms with Crippen molar-refractivity contribution in [3.05, 3.63) is 59.4 Å². The second-order valence-corrected chi connectivity index (χ2v) is 10.1. The van der Waals surface area contributed by atoms with Crippen molar-refractivity contribution in [1.82, 2.24) is 4.98 Å². The molecule has 0 saturated heterocycles. The Labute approximate surface area is 177 Å². The van der Waals surface area contributed by atoms with E-state index in [0.29, 0.717) is 6.42 Å². The molecule has 1 spiro atoms. The topological polar surface area (TPSA) is 135 Å². The van der Waals surface area contributed by atoms with Gasteiger partial charge in [0.1, 0.15) is 27.9 Å². The molecular formula is C20H20F2N4O4S. The third-order valence-corrected chi connectivity index (χ3v) is 8.28. The van der Waals surface area contributed by atoms with E-state index in [1.54, 1.807) is 0 Å². The first-order chi connectivity index (χ1) is 14.6. The van der Waals surface area contributed by atoms with Crippen LogP contribution in [-0.4, -0.2) is 46.9 Å². The summed E-state index contributed by atoms with van der Waals surface area (Å²) < 4.78 is 52.2. The lowest BCUT2D eigenvalue weighted by Gasteiger charge is -2.34. The van der Waals surface area contributed by atoms with Gasteiger partial charge in [-0.2, -0.15) is 0 Å². The number of aliphatic hydroxyl groups is 1. The lowest BCUT2D eigenvalue weighted by molar-refractivity contribution is 0.102. The molecule has 164 valence electrons. The fourth-order valence-electron chi connectivity index (χ4n) is 4.09. The van der Waals surface area contributed by atoms with Crippen molar-refractivity contribution in [2.75, 3.05) is 11.1 Å². The molecule has 8 nitrogen and oxygen atoms in total. The summed E-state index contributed by atoms with van der Waals surface area (Å²) in [5, 5.41) is 12.4. The molecule has 2 aliphatic rings. The first kappa shape index (κ1) is 21.3. The minimum atomic E-state index is -3.82. The molecule has 31 heavy (non-hydrogen) atoms. The van der Waals surface area contributed by atoms with Gasteiger partial charge in [-0.3, -0.25) is 9.79 Å². The van der Waals surface area contributed by atoms with Gasteiger partial charge in [-0.15, -0.1) is 0 Å². The molecule has 4 N–H and O–H groups in total. The van der Waals surface area contributed by atoms with Gasteiger partial charge in [0.15, 0.2) is 9.84 Å². The zero-order valence-corrected chi connectivity index (χ0v) is 17.1. The largest absolute Gasteiger partial charge is 0.393 e. The van der Waals surface area contributed by atoms with Crippen molar-refractivity contribution in [2.45, 2.75) is 36.2 Å². The molecule has 3 atom stereocenters. The van der Waals surface area contributed by atoms with E-state index in [4.69, 9.17) is 5.73 Å². The quantitative estimate of drug-likeness (QED) is 0.652. The highest BCUT2D eigenvalue weighted by molar-refractivity contribution is 7.93. The van der Waals surface area contributed by atoms with Crippen molar-refractivity contribution < 1.29 is 27.1 Å². The summed E-state index contributed by atoms with van der Waals surface area (Å²) in [6.45, 7) is 0. The average molecular weight is 450 g/mol. The summed E-state index contributed by atoms with van der Waals surface area (Å²) in [4.78, 5) is 20.2. The number of nitrogens with two attached hydrogens (primary N) is 1. The van der Waals surface area contributed by atoms with Gasteiger partial charge in [0, 0.05) is 17.7 Å². The Morgan fingerprint density at radius 3 is 2.65 bits per heavy atom. The fourth-order valence-corrected chi connectivity index (χ4v) is 6.33. The zero-order valence-electron chi connectivity index (χ0n) is 16.3. The second-order valence-electron chi connectivity index (χ2n) is 7.75. The van der Waals surface area contributed by atoms with Gasteiger partial charge in [-0.1, -0.05) is 0 Å². The van der Waals surface area contributed by atoms with E-state index < -0.39 is 50.0 Å². The van der Waals surface area contributed by atoms with Gasteiger partial charge in [0.2, 0.25) is 0 Å². The summed E-state index contributed by atoms with van der Waals surface area (Å²) in [6.07, 6.45) is 0.552. The molecule has 1 fully saturated rings. The molecule has 1 aromatic heterocycles. The summed E-state index contributed by atoms with van der Waals surface area (Å²) in [5.41, 5.74) is 6.13. The molecule has 1 saturated carbocycles. The first-order valence-corrected chi connectivity index (χ1v) is 11.2. The highest BCUT2D eigenvalue weighted by Crippen LogP contribution is 2.43. The van der Waals surface area contributed by atoms with Gasteiger partial charge < -0.3 is 16.2 Å². The van der Waals surface area contributed by atoms with E-state index in [1.165, 1.54) is 18.2 Å². The number of aliphatic imine (C=N–C) groups is 1. The highest BCUT2D eigenvalue weighted by atomic mass is 32.2. The normalized spacial score (nSPS) is 27.1. The van der Waals surface area contributed by atoms with E-state index in [2.05, 4.69) is 15.3 Å². The molecule has 0 radical (unpaired) electrons. The predicted molar refractivity (Wildman–Crippen MR) is 109 cm³/mol. The van der Waals surface area contributed by atoms with E-state index in [0.717, 1.165) is 18.3 Å². The van der Waals surface area contributed by atoms with Crippen LogP contribution in [0.4, 0.5) is 14.5 Å². The van der Waals surface area contributed by atoms with Gasteiger partial charge in [-0.25, -0.2) is 22.2 Å². The summed E-state index contributed by atoms with van der Waals surface area (Å²) in [7, 11) is -3.82. The summed E-state index contributed by atoms with van der Waals surface area (Å²) >= 11 is 0. The molecule has 2 unspecified atom stereocenters. The maximum atomic E-state index is 14.6. The van der Waals surface area contributed by atoms with Crippen LogP contribution in [0.2, 0.25) is 0 Å². The molecule has 4 rings (SSSR count).